The second-order valence-electron chi connectivity index (χ2n) is 6.53. The molecule has 2 atom stereocenters. The lowest BCUT2D eigenvalue weighted by molar-refractivity contribution is -0.137. The molecule has 0 radical (unpaired) electrons. The predicted molar refractivity (Wildman–Crippen MR) is 109 cm³/mol. The van der Waals surface area contributed by atoms with E-state index in [-0.39, 0.29) is 34.5 Å². The number of hydrogen-bond acceptors (Lipinski definition) is 4. The van der Waals surface area contributed by atoms with Crippen LogP contribution in [0.2, 0.25) is 10.0 Å². The SMILES string of the molecule is CC(NC(=O)c1cccc(Cl)c1Cl)C(=O)NCC(O)COc1ccc(C(F)(F)F)cc1. The van der Waals surface area contributed by atoms with Gasteiger partial charge in [-0.05, 0) is 43.3 Å². The van der Waals surface area contributed by atoms with Crippen molar-refractivity contribution in [3.8, 4) is 5.75 Å². The minimum absolute atomic E-state index is 0.0603. The van der Waals surface area contributed by atoms with E-state index in [1.807, 2.05) is 0 Å². The largest absolute Gasteiger partial charge is 0.491 e. The molecule has 0 aliphatic heterocycles. The van der Waals surface area contributed by atoms with Crippen molar-refractivity contribution in [2.45, 2.75) is 25.2 Å². The van der Waals surface area contributed by atoms with Gasteiger partial charge in [-0.15, -0.1) is 0 Å². The van der Waals surface area contributed by atoms with Crippen LogP contribution >= 0.6 is 23.2 Å². The van der Waals surface area contributed by atoms with Crippen LogP contribution in [0.5, 0.6) is 5.75 Å². The first-order valence-corrected chi connectivity index (χ1v) is 9.75. The lowest BCUT2D eigenvalue weighted by atomic mass is 10.2. The number of hydrogen-bond donors (Lipinski definition) is 3. The Bertz CT molecular complexity index is 924. The Hall–Kier alpha value is -2.49. The van der Waals surface area contributed by atoms with Crippen LogP contribution < -0.4 is 15.4 Å². The Labute approximate surface area is 186 Å². The van der Waals surface area contributed by atoms with Gasteiger partial charge in [0, 0.05) is 6.54 Å². The fourth-order valence-electron chi connectivity index (χ4n) is 2.38. The van der Waals surface area contributed by atoms with Gasteiger partial charge in [-0.25, -0.2) is 0 Å². The van der Waals surface area contributed by atoms with E-state index in [1.54, 1.807) is 6.07 Å². The van der Waals surface area contributed by atoms with Gasteiger partial charge in [0.05, 0.1) is 21.2 Å². The molecule has 0 saturated carbocycles. The molecule has 168 valence electrons. The Morgan fingerprint density at radius 2 is 1.77 bits per heavy atom. The van der Waals surface area contributed by atoms with Gasteiger partial charge in [-0.2, -0.15) is 13.2 Å². The van der Waals surface area contributed by atoms with E-state index in [9.17, 15) is 27.9 Å². The fourth-order valence-corrected chi connectivity index (χ4v) is 2.77. The van der Waals surface area contributed by atoms with Crippen LogP contribution in [0.25, 0.3) is 0 Å². The second kappa shape index (κ2) is 10.7. The molecule has 3 N–H and O–H groups in total. The van der Waals surface area contributed by atoms with Crippen LogP contribution in [-0.2, 0) is 11.0 Å². The Morgan fingerprint density at radius 1 is 1.13 bits per heavy atom. The molecule has 0 spiro atoms. The molecule has 2 amide bonds. The average molecular weight is 479 g/mol. The summed E-state index contributed by atoms with van der Waals surface area (Å²) in [5.41, 5.74) is -0.707. The Kier molecular flexibility index (Phi) is 8.55. The number of alkyl halides is 3. The maximum atomic E-state index is 12.5. The first-order chi connectivity index (χ1) is 14.5. The van der Waals surface area contributed by atoms with E-state index in [0.29, 0.717) is 0 Å². The van der Waals surface area contributed by atoms with Gasteiger partial charge in [0.25, 0.3) is 5.91 Å². The summed E-state index contributed by atoms with van der Waals surface area (Å²) in [6, 6.07) is 7.56. The summed E-state index contributed by atoms with van der Waals surface area (Å²) >= 11 is 11.8. The van der Waals surface area contributed by atoms with Crippen molar-refractivity contribution in [3.05, 3.63) is 63.6 Å². The number of ether oxygens (including phenoxy) is 1. The van der Waals surface area contributed by atoms with Crippen LogP contribution in [0.15, 0.2) is 42.5 Å². The topological polar surface area (TPSA) is 87.7 Å². The average Bonchev–Trinajstić information content (AvgIpc) is 2.71. The van der Waals surface area contributed by atoms with Crippen molar-refractivity contribution in [2.75, 3.05) is 13.2 Å². The van der Waals surface area contributed by atoms with Gasteiger partial charge in [-0.3, -0.25) is 9.59 Å². The normalized spacial score (nSPS) is 13.3. The summed E-state index contributed by atoms with van der Waals surface area (Å²) in [5, 5.41) is 15.1. The third-order valence-corrected chi connectivity index (χ3v) is 4.89. The number of halogens is 5. The van der Waals surface area contributed by atoms with E-state index < -0.39 is 35.7 Å². The molecular weight excluding hydrogens is 460 g/mol. The van der Waals surface area contributed by atoms with Crippen molar-refractivity contribution in [1.29, 1.82) is 0 Å². The monoisotopic (exact) mass is 478 g/mol. The maximum Gasteiger partial charge on any atom is 0.416 e. The van der Waals surface area contributed by atoms with Gasteiger partial charge in [0.15, 0.2) is 0 Å². The standard InChI is InChI=1S/C20H19Cl2F3N2O4/c1-11(27-19(30)15-3-2-4-16(21)17(15)22)18(29)26-9-13(28)10-31-14-7-5-12(6-8-14)20(23,24)25/h2-8,11,13,28H,9-10H2,1H3,(H,26,29)(H,27,30). The molecule has 2 aromatic rings. The van der Waals surface area contributed by atoms with Crippen molar-refractivity contribution in [2.24, 2.45) is 0 Å². The highest BCUT2D eigenvalue weighted by atomic mass is 35.5. The molecule has 2 aromatic carbocycles. The minimum Gasteiger partial charge on any atom is -0.491 e. The number of benzene rings is 2. The van der Waals surface area contributed by atoms with Gasteiger partial charge < -0.3 is 20.5 Å². The molecule has 11 heteroatoms. The number of aliphatic hydroxyl groups is 1. The maximum absolute atomic E-state index is 12.5. The molecule has 0 heterocycles. The highest BCUT2D eigenvalue weighted by molar-refractivity contribution is 6.43. The Balaban J connectivity index is 1.78. The lowest BCUT2D eigenvalue weighted by Crippen LogP contribution is -2.47. The van der Waals surface area contributed by atoms with Crippen LogP contribution in [-0.4, -0.2) is 42.2 Å². The molecular formula is C20H19Cl2F3N2O4. The van der Waals surface area contributed by atoms with Gasteiger partial charge >= 0.3 is 6.18 Å². The van der Waals surface area contributed by atoms with Crippen molar-refractivity contribution >= 4 is 35.0 Å². The quantitative estimate of drug-likeness (QED) is 0.539. The number of nitrogens with one attached hydrogen (secondary N) is 2. The first-order valence-electron chi connectivity index (χ1n) is 8.99. The van der Waals surface area contributed by atoms with Crippen LogP contribution in [0.3, 0.4) is 0 Å². The van der Waals surface area contributed by atoms with E-state index in [1.165, 1.54) is 19.1 Å². The lowest BCUT2D eigenvalue weighted by Gasteiger charge is -2.17. The van der Waals surface area contributed by atoms with Crippen LogP contribution in [0.4, 0.5) is 13.2 Å². The number of carbonyl (C=O) groups is 2. The van der Waals surface area contributed by atoms with E-state index in [0.717, 1.165) is 24.3 Å². The minimum atomic E-state index is -4.45. The molecule has 2 rings (SSSR count). The van der Waals surface area contributed by atoms with Crippen LogP contribution in [0, 0.1) is 0 Å². The summed E-state index contributed by atoms with van der Waals surface area (Å²) in [6.07, 6.45) is -5.58. The zero-order valence-electron chi connectivity index (χ0n) is 16.2. The molecule has 2 unspecified atom stereocenters. The summed E-state index contributed by atoms with van der Waals surface area (Å²) in [7, 11) is 0. The molecule has 0 fully saturated rings. The zero-order chi connectivity index (χ0) is 23.2. The molecule has 0 bridgehead atoms. The second-order valence-corrected chi connectivity index (χ2v) is 7.31. The smallest absolute Gasteiger partial charge is 0.416 e. The third-order valence-electron chi connectivity index (χ3n) is 4.07. The number of aliphatic hydroxyl groups excluding tert-OH is 1. The van der Waals surface area contributed by atoms with Crippen molar-refractivity contribution in [3.63, 3.8) is 0 Å². The highest BCUT2D eigenvalue weighted by Gasteiger charge is 2.30. The third kappa shape index (κ3) is 7.30. The van der Waals surface area contributed by atoms with Gasteiger partial charge in [0.1, 0.15) is 24.5 Å². The number of rotatable bonds is 8. The number of amides is 2. The van der Waals surface area contributed by atoms with Gasteiger partial charge in [-0.1, -0.05) is 29.3 Å². The molecule has 6 nitrogen and oxygen atoms in total. The molecule has 31 heavy (non-hydrogen) atoms. The fraction of sp³-hybridized carbons (Fsp3) is 0.300. The Morgan fingerprint density at radius 3 is 2.39 bits per heavy atom. The predicted octanol–water partition coefficient (Wildman–Crippen LogP) is 3.69. The zero-order valence-corrected chi connectivity index (χ0v) is 17.7. The summed E-state index contributed by atoms with van der Waals surface area (Å²) in [5.74, 6) is -1.03. The molecule has 0 aliphatic carbocycles. The van der Waals surface area contributed by atoms with Crippen LogP contribution in [0.1, 0.15) is 22.8 Å². The number of carbonyl (C=O) groups excluding carboxylic acids is 2. The van der Waals surface area contributed by atoms with Gasteiger partial charge in [0.2, 0.25) is 5.91 Å². The van der Waals surface area contributed by atoms with Crippen molar-refractivity contribution in [1.82, 2.24) is 10.6 Å². The van der Waals surface area contributed by atoms with Crippen molar-refractivity contribution < 1.29 is 32.6 Å². The first kappa shape index (κ1) is 24.8. The van der Waals surface area contributed by atoms with E-state index in [2.05, 4.69) is 10.6 Å². The summed E-state index contributed by atoms with van der Waals surface area (Å²) < 4.78 is 42.8. The molecule has 0 aromatic heterocycles. The molecule has 0 saturated heterocycles. The summed E-state index contributed by atoms with van der Waals surface area (Å²) in [6.45, 7) is 0.985. The molecule has 0 aliphatic rings. The summed E-state index contributed by atoms with van der Waals surface area (Å²) in [4.78, 5) is 24.4. The van der Waals surface area contributed by atoms with E-state index in [4.69, 9.17) is 27.9 Å². The van der Waals surface area contributed by atoms with E-state index >= 15 is 0 Å². The highest BCUT2D eigenvalue weighted by Crippen LogP contribution is 2.30.